The zero-order chi connectivity index (χ0) is 11.8. The summed E-state index contributed by atoms with van der Waals surface area (Å²) in [7, 11) is 1.71. The van der Waals surface area contributed by atoms with E-state index in [9.17, 15) is 4.39 Å². The zero-order valence-electron chi connectivity index (χ0n) is 10.0. The lowest BCUT2D eigenvalue weighted by Crippen LogP contribution is -2.29. The van der Waals surface area contributed by atoms with Gasteiger partial charge in [0, 0.05) is 19.8 Å². The number of hydrogen-bond donors (Lipinski definition) is 1. The first-order chi connectivity index (χ1) is 7.72. The minimum Gasteiger partial charge on any atom is -0.385 e. The first-order valence-corrected chi connectivity index (χ1v) is 5.69. The third kappa shape index (κ3) is 5.24. The molecule has 0 aliphatic rings. The van der Waals surface area contributed by atoms with Crippen LogP contribution in [0.25, 0.3) is 0 Å². The van der Waals surface area contributed by atoms with E-state index in [4.69, 9.17) is 4.74 Å². The molecule has 0 fully saturated rings. The quantitative estimate of drug-likeness (QED) is 0.769. The maximum Gasteiger partial charge on any atom is 0.123 e. The minimum atomic E-state index is -0.176. The maximum absolute atomic E-state index is 12.6. The molecule has 0 heterocycles. The molecule has 0 bridgehead atoms. The summed E-state index contributed by atoms with van der Waals surface area (Å²) >= 11 is 0. The van der Waals surface area contributed by atoms with Crippen LogP contribution in [-0.2, 0) is 11.2 Å². The van der Waals surface area contributed by atoms with E-state index < -0.39 is 0 Å². The third-order valence-corrected chi connectivity index (χ3v) is 2.57. The van der Waals surface area contributed by atoms with Crippen molar-refractivity contribution in [3.63, 3.8) is 0 Å². The van der Waals surface area contributed by atoms with Gasteiger partial charge in [0.15, 0.2) is 0 Å². The highest BCUT2D eigenvalue weighted by Gasteiger charge is 2.00. The molecule has 0 amide bonds. The zero-order valence-corrected chi connectivity index (χ0v) is 10.0. The Balaban J connectivity index is 2.17. The van der Waals surface area contributed by atoms with Gasteiger partial charge in [0.25, 0.3) is 0 Å². The fourth-order valence-electron chi connectivity index (χ4n) is 1.51. The summed E-state index contributed by atoms with van der Waals surface area (Å²) in [4.78, 5) is 0. The van der Waals surface area contributed by atoms with Gasteiger partial charge in [0.05, 0.1) is 0 Å². The van der Waals surface area contributed by atoms with Crippen molar-refractivity contribution in [2.45, 2.75) is 25.8 Å². The van der Waals surface area contributed by atoms with Gasteiger partial charge < -0.3 is 10.1 Å². The maximum atomic E-state index is 12.6. The molecule has 0 aliphatic heterocycles. The minimum absolute atomic E-state index is 0.176. The molecule has 1 atom stereocenters. The van der Waals surface area contributed by atoms with E-state index in [-0.39, 0.29) is 5.82 Å². The highest BCUT2D eigenvalue weighted by Crippen LogP contribution is 2.03. The second kappa shape index (κ2) is 7.36. The van der Waals surface area contributed by atoms with Crippen molar-refractivity contribution in [2.75, 3.05) is 20.3 Å². The molecule has 0 saturated carbocycles. The van der Waals surface area contributed by atoms with Crippen LogP contribution in [0.2, 0.25) is 0 Å². The first kappa shape index (κ1) is 13.1. The predicted molar refractivity (Wildman–Crippen MR) is 64.1 cm³/mol. The van der Waals surface area contributed by atoms with Crippen molar-refractivity contribution < 1.29 is 9.13 Å². The monoisotopic (exact) mass is 225 g/mol. The molecule has 1 aromatic carbocycles. The van der Waals surface area contributed by atoms with Crippen LogP contribution in [0.1, 0.15) is 18.9 Å². The Morgan fingerprint density at radius 3 is 2.62 bits per heavy atom. The number of methoxy groups -OCH3 is 1. The van der Waals surface area contributed by atoms with Crippen LogP contribution in [-0.4, -0.2) is 26.3 Å². The normalized spacial score (nSPS) is 12.7. The second-order valence-electron chi connectivity index (χ2n) is 4.01. The molecule has 1 N–H and O–H groups in total. The molecule has 16 heavy (non-hydrogen) atoms. The fraction of sp³-hybridized carbons (Fsp3) is 0.538. The van der Waals surface area contributed by atoms with Crippen molar-refractivity contribution in [2.24, 2.45) is 0 Å². The second-order valence-corrected chi connectivity index (χ2v) is 4.01. The first-order valence-electron chi connectivity index (χ1n) is 5.69. The molecule has 2 nitrogen and oxygen atoms in total. The Bertz CT molecular complexity index is 286. The van der Waals surface area contributed by atoms with Crippen LogP contribution in [0.5, 0.6) is 0 Å². The number of ether oxygens (including phenoxy) is 1. The van der Waals surface area contributed by atoms with Gasteiger partial charge in [0.2, 0.25) is 0 Å². The molecule has 0 saturated heterocycles. The summed E-state index contributed by atoms with van der Waals surface area (Å²) in [5, 5.41) is 3.41. The summed E-state index contributed by atoms with van der Waals surface area (Å²) in [6.45, 7) is 3.84. The Kier molecular flexibility index (Phi) is 6.04. The van der Waals surface area contributed by atoms with Gasteiger partial charge in [0.1, 0.15) is 5.82 Å². The fourth-order valence-corrected chi connectivity index (χ4v) is 1.51. The van der Waals surface area contributed by atoms with Gasteiger partial charge in [-0.15, -0.1) is 0 Å². The molecule has 0 radical (unpaired) electrons. The summed E-state index contributed by atoms with van der Waals surface area (Å²) in [5.74, 6) is -0.176. The lowest BCUT2D eigenvalue weighted by atomic mass is 10.1. The van der Waals surface area contributed by atoms with Gasteiger partial charge in [-0.05, 0) is 44.0 Å². The third-order valence-electron chi connectivity index (χ3n) is 2.57. The van der Waals surface area contributed by atoms with E-state index in [1.807, 2.05) is 12.1 Å². The largest absolute Gasteiger partial charge is 0.385 e. The number of hydrogen-bond acceptors (Lipinski definition) is 2. The van der Waals surface area contributed by atoms with E-state index >= 15 is 0 Å². The van der Waals surface area contributed by atoms with E-state index in [0.717, 1.165) is 31.6 Å². The average Bonchev–Trinajstić information content (AvgIpc) is 2.29. The number of benzene rings is 1. The number of rotatable bonds is 7. The van der Waals surface area contributed by atoms with Crippen LogP contribution < -0.4 is 5.32 Å². The lowest BCUT2D eigenvalue weighted by Gasteiger charge is -2.12. The van der Waals surface area contributed by atoms with Gasteiger partial charge in [-0.2, -0.15) is 0 Å². The van der Waals surface area contributed by atoms with Crippen molar-refractivity contribution in [1.29, 1.82) is 0 Å². The lowest BCUT2D eigenvalue weighted by molar-refractivity contribution is 0.185. The molecular formula is C13H20FNO. The van der Waals surface area contributed by atoms with E-state index in [1.165, 1.54) is 12.1 Å². The molecule has 1 unspecified atom stereocenters. The predicted octanol–water partition coefficient (Wildman–Crippen LogP) is 2.38. The van der Waals surface area contributed by atoms with Crippen molar-refractivity contribution in [3.05, 3.63) is 35.6 Å². The SMILES string of the molecule is COCCC(C)NCCc1ccc(F)cc1. The van der Waals surface area contributed by atoms with E-state index in [1.54, 1.807) is 7.11 Å². The van der Waals surface area contributed by atoms with Crippen molar-refractivity contribution in [3.8, 4) is 0 Å². The van der Waals surface area contributed by atoms with Crippen molar-refractivity contribution in [1.82, 2.24) is 5.32 Å². The highest BCUT2D eigenvalue weighted by molar-refractivity contribution is 5.16. The Hall–Kier alpha value is -0.930. The standard InChI is InChI=1S/C13H20FNO/c1-11(8-10-16-2)15-9-7-12-3-5-13(14)6-4-12/h3-6,11,15H,7-10H2,1-2H3. The molecular weight excluding hydrogens is 205 g/mol. The van der Waals surface area contributed by atoms with Crippen LogP contribution >= 0.6 is 0 Å². The van der Waals surface area contributed by atoms with E-state index in [0.29, 0.717) is 6.04 Å². The van der Waals surface area contributed by atoms with Gasteiger partial charge in [-0.1, -0.05) is 12.1 Å². The van der Waals surface area contributed by atoms with Crippen LogP contribution in [0.4, 0.5) is 4.39 Å². The Labute approximate surface area is 96.8 Å². The molecule has 1 aromatic rings. The average molecular weight is 225 g/mol. The van der Waals surface area contributed by atoms with Crippen LogP contribution in [0, 0.1) is 5.82 Å². The van der Waals surface area contributed by atoms with E-state index in [2.05, 4.69) is 12.2 Å². The van der Waals surface area contributed by atoms with Gasteiger partial charge >= 0.3 is 0 Å². The molecule has 0 aliphatic carbocycles. The molecule has 90 valence electrons. The van der Waals surface area contributed by atoms with Crippen LogP contribution in [0.3, 0.4) is 0 Å². The Morgan fingerprint density at radius 1 is 1.31 bits per heavy atom. The van der Waals surface area contributed by atoms with Crippen molar-refractivity contribution >= 4 is 0 Å². The smallest absolute Gasteiger partial charge is 0.123 e. The topological polar surface area (TPSA) is 21.3 Å². The van der Waals surface area contributed by atoms with Crippen LogP contribution in [0.15, 0.2) is 24.3 Å². The summed E-state index contributed by atoms with van der Waals surface area (Å²) in [5.41, 5.74) is 1.16. The van der Waals surface area contributed by atoms with Gasteiger partial charge in [-0.25, -0.2) is 4.39 Å². The highest BCUT2D eigenvalue weighted by atomic mass is 19.1. The molecule has 1 rings (SSSR count). The van der Waals surface area contributed by atoms with Gasteiger partial charge in [-0.3, -0.25) is 0 Å². The summed E-state index contributed by atoms with van der Waals surface area (Å²) < 4.78 is 17.7. The summed E-state index contributed by atoms with van der Waals surface area (Å²) in [6.07, 6.45) is 1.94. The Morgan fingerprint density at radius 2 is 2.00 bits per heavy atom. The summed E-state index contributed by atoms with van der Waals surface area (Å²) in [6, 6.07) is 7.13. The number of halogens is 1. The molecule has 0 aromatic heterocycles. The molecule has 0 spiro atoms. The molecule has 3 heteroatoms. The number of nitrogens with one attached hydrogen (secondary N) is 1.